The van der Waals surface area contributed by atoms with Crippen LogP contribution in [-0.4, -0.2) is 64.8 Å². The monoisotopic (exact) mass is 394 g/mol. The zero-order valence-corrected chi connectivity index (χ0v) is 17.0. The molecule has 2 aliphatic heterocycles. The Hall–Kier alpha value is -2.18. The molecule has 3 aliphatic rings. The second-order valence-electron chi connectivity index (χ2n) is 8.51. The average molecular weight is 395 g/mol. The minimum atomic E-state index is -0.0750. The molecule has 0 radical (unpaired) electrons. The van der Waals surface area contributed by atoms with Crippen LogP contribution in [0.25, 0.3) is 0 Å². The fourth-order valence-corrected chi connectivity index (χ4v) is 5.17. The number of rotatable bonds is 4. The lowest BCUT2D eigenvalue weighted by molar-refractivity contribution is -0.0709. The number of carbonyl (C=O) groups is 1. The Morgan fingerprint density at radius 3 is 2.69 bits per heavy atom. The minimum absolute atomic E-state index is 0.0111. The number of hydrogen-bond donors (Lipinski definition) is 1. The Labute approximate surface area is 172 Å². The van der Waals surface area contributed by atoms with Gasteiger partial charge < -0.3 is 14.5 Å². The highest BCUT2D eigenvalue weighted by atomic mass is 16.5. The number of nitrogens with zero attached hydrogens (tertiary/aromatic N) is 3. The molecule has 6 heteroatoms. The van der Waals surface area contributed by atoms with E-state index in [2.05, 4.69) is 39.4 Å². The Kier molecular flexibility index (Phi) is 5.38. The fourth-order valence-electron chi connectivity index (χ4n) is 5.17. The number of amides is 1. The first-order valence-electron chi connectivity index (χ1n) is 11.1. The van der Waals surface area contributed by atoms with Crippen LogP contribution in [0.5, 0.6) is 0 Å². The summed E-state index contributed by atoms with van der Waals surface area (Å²) in [5, 5.41) is 7.60. The van der Waals surface area contributed by atoms with Crippen LogP contribution in [0.3, 0.4) is 0 Å². The van der Waals surface area contributed by atoms with Crippen molar-refractivity contribution in [2.24, 2.45) is 0 Å². The first-order valence-corrected chi connectivity index (χ1v) is 11.1. The maximum Gasteiger partial charge on any atom is 0.275 e. The molecule has 5 rings (SSSR count). The SMILES string of the molecule is O=C(c1n[nH]c2c1CCCC2)N1CCO[C@@H](CN2CCCC2)[C@@H]1c1ccccc1. The standard InChI is InChI=1S/C23H30N4O2/c28-23(21-18-10-4-5-11-19(18)24-25-21)27-14-15-29-20(16-26-12-6-7-13-26)22(27)17-8-2-1-3-9-17/h1-3,8-9,20,22H,4-7,10-16H2,(H,24,25)/t20-,22-/m0/s1. The van der Waals surface area contributed by atoms with Crippen molar-refractivity contribution < 1.29 is 9.53 Å². The van der Waals surface area contributed by atoms with Crippen molar-refractivity contribution in [3.63, 3.8) is 0 Å². The molecular formula is C23H30N4O2. The summed E-state index contributed by atoms with van der Waals surface area (Å²) in [6.45, 7) is 4.32. The lowest BCUT2D eigenvalue weighted by Gasteiger charge is -2.42. The van der Waals surface area contributed by atoms with Gasteiger partial charge >= 0.3 is 0 Å². The molecule has 2 atom stereocenters. The van der Waals surface area contributed by atoms with E-state index in [1.54, 1.807) is 0 Å². The molecular weight excluding hydrogens is 364 g/mol. The third kappa shape index (κ3) is 3.71. The third-order valence-corrected chi connectivity index (χ3v) is 6.65. The summed E-state index contributed by atoms with van der Waals surface area (Å²) in [5.41, 5.74) is 4.06. The molecule has 0 unspecified atom stereocenters. The van der Waals surface area contributed by atoms with Crippen LogP contribution in [0.4, 0.5) is 0 Å². The van der Waals surface area contributed by atoms with Gasteiger partial charge in [0, 0.05) is 24.3 Å². The first-order chi connectivity index (χ1) is 14.3. The van der Waals surface area contributed by atoms with Gasteiger partial charge in [-0.05, 0) is 57.2 Å². The van der Waals surface area contributed by atoms with E-state index >= 15 is 0 Å². The number of aryl methyl sites for hydroxylation is 1. The van der Waals surface area contributed by atoms with E-state index in [0.29, 0.717) is 18.8 Å². The van der Waals surface area contributed by atoms with Gasteiger partial charge in [0.05, 0.1) is 18.8 Å². The molecule has 1 amide bonds. The molecule has 0 spiro atoms. The number of ether oxygens (including phenoxy) is 1. The molecule has 0 saturated carbocycles. The first kappa shape index (κ1) is 18.8. The average Bonchev–Trinajstić information content (AvgIpc) is 3.43. The van der Waals surface area contributed by atoms with E-state index < -0.39 is 0 Å². The van der Waals surface area contributed by atoms with Crippen LogP contribution in [0, 0.1) is 0 Å². The van der Waals surface area contributed by atoms with Crippen molar-refractivity contribution in [3.8, 4) is 0 Å². The van der Waals surface area contributed by atoms with Crippen molar-refractivity contribution in [2.45, 2.75) is 50.7 Å². The predicted octanol–water partition coefficient (Wildman–Crippen LogP) is 2.97. The van der Waals surface area contributed by atoms with E-state index in [9.17, 15) is 4.79 Å². The molecule has 6 nitrogen and oxygen atoms in total. The predicted molar refractivity (Wildman–Crippen MR) is 111 cm³/mol. The minimum Gasteiger partial charge on any atom is -0.373 e. The van der Waals surface area contributed by atoms with Gasteiger partial charge in [-0.1, -0.05) is 30.3 Å². The second-order valence-corrected chi connectivity index (χ2v) is 8.51. The highest BCUT2D eigenvalue weighted by molar-refractivity contribution is 5.94. The molecule has 1 aromatic carbocycles. The summed E-state index contributed by atoms with van der Waals surface area (Å²) < 4.78 is 6.25. The second kappa shape index (κ2) is 8.28. The molecule has 2 fully saturated rings. The number of morpholine rings is 1. The van der Waals surface area contributed by atoms with Crippen LogP contribution >= 0.6 is 0 Å². The summed E-state index contributed by atoms with van der Waals surface area (Å²) in [4.78, 5) is 18.2. The lowest BCUT2D eigenvalue weighted by atomic mass is 9.94. The number of nitrogens with one attached hydrogen (secondary N) is 1. The summed E-state index contributed by atoms with van der Waals surface area (Å²) in [5.74, 6) is 0.0491. The fraction of sp³-hybridized carbons (Fsp3) is 0.565. The van der Waals surface area contributed by atoms with Crippen molar-refractivity contribution >= 4 is 5.91 Å². The molecule has 2 aromatic rings. The van der Waals surface area contributed by atoms with Crippen molar-refractivity contribution in [1.82, 2.24) is 20.0 Å². The van der Waals surface area contributed by atoms with Crippen LogP contribution in [0.1, 0.15) is 59.0 Å². The number of aromatic amines is 1. The van der Waals surface area contributed by atoms with Crippen LogP contribution in [-0.2, 0) is 17.6 Å². The highest BCUT2D eigenvalue weighted by Gasteiger charge is 2.39. The number of H-pyrrole nitrogens is 1. The van der Waals surface area contributed by atoms with E-state index in [1.807, 2.05) is 11.0 Å². The maximum atomic E-state index is 13.7. The normalized spacial score (nSPS) is 25.2. The largest absolute Gasteiger partial charge is 0.373 e. The molecule has 3 heterocycles. The summed E-state index contributed by atoms with van der Waals surface area (Å²) in [6, 6.07) is 10.3. The Bertz CT molecular complexity index is 844. The van der Waals surface area contributed by atoms with Crippen molar-refractivity contribution in [3.05, 3.63) is 52.8 Å². The molecule has 1 aliphatic carbocycles. The number of aromatic nitrogens is 2. The molecule has 1 aromatic heterocycles. The van der Waals surface area contributed by atoms with Gasteiger partial charge in [-0.25, -0.2) is 0 Å². The number of hydrogen-bond acceptors (Lipinski definition) is 4. The van der Waals surface area contributed by atoms with Crippen molar-refractivity contribution in [1.29, 1.82) is 0 Å². The number of carbonyl (C=O) groups excluding carboxylic acids is 1. The molecule has 29 heavy (non-hydrogen) atoms. The summed E-state index contributed by atoms with van der Waals surface area (Å²) in [7, 11) is 0. The van der Waals surface area contributed by atoms with Gasteiger partial charge in [0.2, 0.25) is 0 Å². The number of likely N-dealkylation sites (tertiary alicyclic amines) is 1. The van der Waals surface area contributed by atoms with Crippen LogP contribution in [0.2, 0.25) is 0 Å². The number of fused-ring (bicyclic) bond motifs is 1. The quantitative estimate of drug-likeness (QED) is 0.866. The smallest absolute Gasteiger partial charge is 0.275 e. The summed E-state index contributed by atoms with van der Waals surface area (Å²) >= 11 is 0. The van der Waals surface area contributed by atoms with E-state index in [4.69, 9.17) is 4.74 Å². The molecule has 154 valence electrons. The van der Waals surface area contributed by atoms with Gasteiger partial charge in [-0.2, -0.15) is 5.10 Å². The van der Waals surface area contributed by atoms with Crippen LogP contribution < -0.4 is 0 Å². The van der Waals surface area contributed by atoms with Gasteiger partial charge in [-0.15, -0.1) is 0 Å². The Morgan fingerprint density at radius 1 is 1.07 bits per heavy atom. The zero-order chi connectivity index (χ0) is 19.6. The van der Waals surface area contributed by atoms with Crippen LogP contribution in [0.15, 0.2) is 30.3 Å². The Balaban J connectivity index is 1.46. The lowest BCUT2D eigenvalue weighted by Crippen LogP contribution is -2.51. The van der Waals surface area contributed by atoms with Gasteiger partial charge in [-0.3, -0.25) is 9.89 Å². The zero-order valence-electron chi connectivity index (χ0n) is 17.0. The Morgan fingerprint density at radius 2 is 1.86 bits per heavy atom. The third-order valence-electron chi connectivity index (χ3n) is 6.65. The summed E-state index contributed by atoms with van der Waals surface area (Å²) in [6.07, 6.45) is 6.75. The van der Waals surface area contributed by atoms with Crippen molar-refractivity contribution in [2.75, 3.05) is 32.8 Å². The highest BCUT2D eigenvalue weighted by Crippen LogP contribution is 2.33. The number of benzene rings is 1. The topological polar surface area (TPSA) is 61.5 Å². The van der Waals surface area contributed by atoms with E-state index in [1.165, 1.54) is 19.3 Å². The molecule has 1 N–H and O–H groups in total. The molecule has 2 saturated heterocycles. The van der Waals surface area contributed by atoms with E-state index in [-0.39, 0.29) is 18.1 Å². The van der Waals surface area contributed by atoms with Gasteiger partial charge in [0.25, 0.3) is 5.91 Å². The molecule has 0 bridgehead atoms. The maximum absolute atomic E-state index is 13.7. The van der Waals surface area contributed by atoms with Gasteiger partial charge in [0.1, 0.15) is 0 Å². The van der Waals surface area contributed by atoms with Gasteiger partial charge in [0.15, 0.2) is 5.69 Å². The van der Waals surface area contributed by atoms with E-state index in [0.717, 1.165) is 55.7 Å².